The maximum absolute atomic E-state index is 14.3. The van der Waals surface area contributed by atoms with Gasteiger partial charge in [0, 0.05) is 32.7 Å². The lowest BCUT2D eigenvalue weighted by Crippen LogP contribution is -2.55. The highest BCUT2D eigenvalue weighted by molar-refractivity contribution is 5.99. The Morgan fingerprint density at radius 3 is 2.56 bits per heavy atom. The quantitative estimate of drug-likeness (QED) is 0.270. The molecule has 43 heavy (non-hydrogen) atoms. The lowest BCUT2D eigenvalue weighted by molar-refractivity contribution is -0.161. The van der Waals surface area contributed by atoms with Gasteiger partial charge in [0.25, 0.3) is 0 Å². The highest BCUT2D eigenvalue weighted by Gasteiger charge is 2.71. The minimum atomic E-state index is -1.37. The van der Waals surface area contributed by atoms with Crippen LogP contribution in [0.4, 0.5) is 0 Å². The first-order valence-corrected chi connectivity index (χ1v) is 15.6. The summed E-state index contributed by atoms with van der Waals surface area (Å²) >= 11 is 0. The van der Waals surface area contributed by atoms with Crippen LogP contribution in [0.5, 0.6) is 0 Å². The number of unbranched alkanes of at least 4 members (excludes halogenated alkanes) is 2. The summed E-state index contributed by atoms with van der Waals surface area (Å²) in [6, 6.07) is 7.72. The van der Waals surface area contributed by atoms with E-state index >= 15 is 0 Å². The number of likely N-dealkylation sites (tertiary alicyclic amines) is 1. The van der Waals surface area contributed by atoms with Crippen LogP contribution in [-0.4, -0.2) is 88.6 Å². The van der Waals surface area contributed by atoms with Gasteiger partial charge in [-0.05, 0) is 31.7 Å². The number of allylic oxidation sites excluding steroid dienone is 1. The Balaban J connectivity index is 1.56. The number of hydrogen-bond acceptors (Lipinski definition) is 7. The first-order valence-electron chi connectivity index (χ1n) is 15.6. The Morgan fingerprint density at radius 2 is 1.81 bits per heavy atom. The van der Waals surface area contributed by atoms with Crippen molar-refractivity contribution >= 4 is 23.7 Å². The summed E-state index contributed by atoms with van der Waals surface area (Å²) in [4.78, 5) is 58.6. The van der Waals surface area contributed by atoms with Crippen molar-refractivity contribution in [2.75, 3.05) is 26.2 Å². The van der Waals surface area contributed by atoms with Gasteiger partial charge < -0.3 is 29.7 Å². The van der Waals surface area contributed by atoms with Crippen LogP contribution >= 0.6 is 0 Å². The van der Waals surface area contributed by atoms with Crippen molar-refractivity contribution in [1.82, 2.24) is 15.1 Å². The molecule has 0 saturated carbocycles. The van der Waals surface area contributed by atoms with Crippen LogP contribution in [-0.2, 0) is 28.7 Å². The fourth-order valence-corrected chi connectivity index (χ4v) is 6.99. The monoisotopic (exact) mass is 593 g/mol. The van der Waals surface area contributed by atoms with Crippen molar-refractivity contribution in [2.45, 2.75) is 82.3 Å². The number of fused-ring (bicyclic) bond motifs is 2. The number of cyclic esters (lactones) is 1. The summed E-state index contributed by atoms with van der Waals surface area (Å²) in [6.45, 7) is 4.87. The number of amides is 3. The first-order chi connectivity index (χ1) is 20.8. The van der Waals surface area contributed by atoms with Gasteiger partial charge in [-0.2, -0.15) is 0 Å². The zero-order valence-electron chi connectivity index (χ0n) is 25.0. The number of nitrogens with zero attached hydrogens (tertiary/aromatic N) is 2. The Hall–Kier alpha value is -3.50. The second kappa shape index (κ2) is 13.4. The maximum Gasteiger partial charge on any atom is 0.313 e. The summed E-state index contributed by atoms with van der Waals surface area (Å²) in [7, 11) is 0. The van der Waals surface area contributed by atoms with Gasteiger partial charge in [0.1, 0.15) is 23.7 Å². The zero-order valence-corrected chi connectivity index (χ0v) is 25.0. The van der Waals surface area contributed by atoms with Crippen molar-refractivity contribution in [2.24, 2.45) is 11.8 Å². The molecule has 2 N–H and O–H groups in total. The molecular weight excluding hydrogens is 550 g/mol. The number of benzene rings is 1. The molecule has 0 bridgehead atoms. The number of carbonyl (C=O) groups excluding carboxylic acids is 4. The van der Waals surface area contributed by atoms with Gasteiger partial charge in [-0.1, -0.05) is 74.4 Å². The largest absolute Gasteiger partial charge is 0.455 e. The third kappa shape index (κ3) is 5.99. The molecule has 10 heteroatoms. The van der Waals surface area contributed by atoms with Crippen molar-refractivity contribution < 1.29 is 33.8 Å². The molecule has 4 heterocycles. The normalized spacial score (nSPS) is 33.5. The van der Waals surface area contributed by atoms with E-state index in [2.05, 4.69) is 12.2 Å². The number of carbonyl (C=O) groups is 4. The SMILES string of the molecule is CCCCCN1CC=C[C@]23O[C@@H]4/C=C\CCC(=O)N[C@H](C)[C@@H](c5ccccc5)OC(=O)[C@@H]4[C@H]2C(=O)N(CCCO)[C@@H]3C1=O. The molecule has 0 aromatic heterocycles. The van der Waals surface area contributed by atoms with Crippen LogP contribution in [0.3, 0.4) is 0 Å². The molecule has 1 aromatic carbocycles. The Morgan fingerprint density at radius 1 is 1.02 bits per heavy atom. The number of nitrogens with one attached hydrogen (secondary N) is 1. The molecule has 5 rings (SSSR count). The van der Waals surface area contributed by atoms with E-state index in [4.69, 9.17) is 9.47 Å². The summed E-state index contributed by atoms with van der Waals surface area (Å²) < 4.78 is 12.9. The number of aliphatic hydroxyl groups excluding tert-OH is 1. The summed E-state index contributed by atoms with van der Waals surface area (Å²) in [5.41, 5.74) is -0.655. The van der Waals surface area contributed by atoms with E-state index in [-0.39, 0.29) is 37.3 Å². The third-order valence-electron chi connectivity index (χ3n) is 9.02. The fraction of sp³-hybridized carbons (Fsp3) is 0.576. The van der Waals surface area contributed by atoms with Crippen LogP contribution in [0.2, 0.25) is 0 Å². The van der Waals surface area contributed by atoms with Crippen molar-refractivity contribution in [3.05, 3.63) is 60.2 Å². The molecule has 0 unspecified atom stereocenters. The number of rotatable bonds is 8. The van der Waals surface area contributed by atoms with E-state index in [0.717, 1.165) is 19.3 Å². The van der Waals surface area contributed by atoms with Gasteiger partial charge in [-0.25, -0.2) is 0 Å². The average Bonchev–Trinajstić information content (AvgIpc) is 3.38. The van der Waals surface area contributed by atoms with Crippen LogP contribution in [0.25, 0.3) is 0 Å². The van der Waals surface area contributed by atoms with Gasteiger partial charge in [0.15, 0.2) is 0 Å². The molecule has 1 aromatic rings. The van der Waals surface area contributed by atoms with Crippen molar-refractivity contribution in [3.63, 3.8) is 0 Å². The number of esters is 1. The second-order valence-electron chi connectivity index (χ2n) is 11.9. The third-order valence-corrected chi connectivity index (χ3v) is 9.02. The van der Waals surface area contributed by atoms with E-state index < -0.39 is 47.7 Å². The van der Waals surface area contributed by atoms with Gasteiger partial charge in [0.2, 0.25) is 17.7 Å². The Kier molecular flexibility index (Phi) is 9.66. The predicted molar refractivity (Wildman–Crippen MR) is 158 cm³/mol. The molecule has 4 aliphatic heterocycles. The number of hydrogen-bond donors (Lipinski definition) is 2. The molecule has 232 valence electrons. The number of ether oxygens (including phenoxy) is 2. The topological polar surface area (TPSA) is 125 Å². The summed E-state index contributed by atoms with van der Waals surface area (Å²) in [5.74, 6) is -3.34. The molecule has 2 saturated heterocycles. The number of aliphatic hydroxyl groups is 1. The van der Waals surface area contributed by atoms with Crippen LogP contribution in [0.15, 0.2) is 54.6 Å². The molecule has 2 fully saturated rings. The van der Waals surface area contributed by atoms with Crippen LogP contribution in [0.1, 0.15) is 64.0 Å². The second-order valence-corrected chi connectivity index (χ2v) is 11.9. The van der Waals surface area contributed by atoms with E-state index in [1.54, 1.807) is 24.0 Å². The molecule has 1 spiro atoms. The molecule has 7 atom stereocenters. The van der Waals surface area contributed by atoms with Crippen molar-refractivity contribution in [3.8, 4) is 0 Å². The average molecular weight is 594 g/mol. The van der Waals surface area contributed by atoms with Gasteiger partial charge in [-0.15, -0.1) is 0 Å². The Labute approximate surface area is 253 Å². The molecule has 3 amide bonds. The Bertz CT molecular complexity index is 1250. The van der Waals surface area contributed by atoms with Crippen LogP contribution < -0.4 is 5.32 Å². The molecular formula is C33H43N3O7. The van der Waals surface area contributed by atoms with E-state index in [9.17, 15) is 24.3 Å². The molecule has 0 radical (unpaired) electrons. The van der Waals surface area contributed by atoms with Gasteiger partial charge >= 0.3 is 5.97 Å². The first kappa shape index (κ1) is 30.9. The predicted octanol–water partition coefficient (Wildman–Crippen LogP) is 2.68. The summed E-state index contributed by atoms with van der Waals surface area (Å²) in [5, 5.41) is 12.6. The van der Waals surface area contributed by atoms with Gasteiger partial charge in [0.05, 0.1) is 18.1 Å². The minimum absolute atomic E-state index is 0.140. The molecule has 0 aliphatic carbocycles. The van der Waals surface area contributed by atoms with Gasteiger partial charge in [-0.3, -0.25) is 19.2 Å². The lowest BCUT2D eigenvalue weighted by atomic mass is 9.77. The highest BCUT2D eigenvalue weighted by atomic mass is 16.6. The molecule has 10 nitrogen and oxygen atoms in total. The smallest absolute Gasteiger partial charge is 0.313 e. The van der Waals surface area contributed by atoms with Crippen molar-refractivity contribution in [1.29, 1.82) is 0 Å². The lowest BCUT2D eigenvalue weighted by Gasteiger charge is -2.35. The van der Waals surface area contributed by atoms with Crippen LogP contribution in [0, 0.1) is 11.8 Å². The van der Waals surface area contributed by atoms with E-state index in [1.165, 1.54) is 4.90 Å². The maximum atomic E-state index is 14.3. The highest BCUT2D eigenvalue weighted by Crippen LogP contribution is 2.53. The standard InChI is InChI=1S/C33H43N3O7/c1-3-4-10-18-35-19-11-17-33-27(30(39)36(20-12-21-37)29(33)31(35)40)26-24(43-33)15-8-9-16-25(38)34-22(2)28(42-32(26)41)23-13-6-5-7-14-23/h5-8,11,13-15,17,22,24,26-29,37H,3-4,9-10,12,16,18-21H2,1-2H3,(H,34,38)/b15-8-/t22-,24-,26+,27+,28+,29-,33+/m1/s1. The minimum Gasteiger partial charge on any atom is -0.455 e. The van der Waals surface area contributed by atoms with E-state index in [1.807, 2.05) is 42.5 Å². The molecule has 4 aliphatic rings. The fourth-order valence-electron chi connectivity index (χ4n) is 6.99. The zero-order chi connectivity index (χ0) is 30.6. The van der Waals surface area contributed by atoms with E-state index in [0.29, 0.717) is 31.5 Å². The summed E-state index contributed by atoms with van der Waals surface area (Å²) in [6.07, 6.45) is 9.39.